The van der Waals surface area contributed by atoms with Crippen LogP contribution < -0.4 is 0 Å². The van der Waals surface area contributed by atoms with Crippen molar-refractivity contribution in [3.8, 4) is 0 Å². The van der Waals surface area contributed by atoms with Crippen LogP contribution in [0.1, 0.15) is 79.0 Å². The molecular weight excluding hydrogens is 348 g/mol. The third kappa shape index (κ3) is 9.54. The standard InChI is InChI=1S/C21H32O6/c1-2-3-4-5-6-7-8-11-14-26-20(24)18-12-9-10-13-19(18)21(25)27-16-17(23)15-22/h9-10,12-13,17,22-23H,2-8,11,14-16H2,1H3. The van der Waals surface area contributed by atoms with E-state index in [1.54, 1.807) is 12.1 Å². The molecule has 0 bridgehead atoms. The zero-order valence-electron chi connectivity index (χ0n) is 16.2. The number of hydrogen-bond acceptors (Lipinski definition) is 6. The minimum atomic E-state index is -1.14. The molecule has 27 heavy (non-hydrogen) atoms. The average Bonchev–Trinajstić information content (AvgIpc) is 2.70. The number of aliphatic hydroxyl groups is 2. The van der Waals surface area contributed by atoms with Crippen molar-refractivity contribution >= 4 is 11.9 Å². The Hall–Kier alpha value is -1.92. The van der Waals surface area contributed by atoms with Crippen LogP contribution in [0, 0.1) is 0 Å². The van der Waals surface area contributed by atoms with E-state index >= 15 is 0 Å². The molecule has 1 unspecified atom stereocenters. The molecule has 0 aliphatic rings. The topological polar surface area (TPSA) is 93.1 Å². The number of rotatable bonds is 14. The Morgan fingerprint density at radius 3 is 1.96 bits per heavy atom. The molecule has 1 aromatic rings. The van der Waals surface area contributed by atoms with Crippen LogP contribution in [-0.2, 0) is 9.47 Å². The Labute approximate surface area is 161 Å². The summed E-state index contributed by atoms with van der Waals surface area (Å²) in [5, 5.41) is 18.0. The van der Waals surface area contributed by atoms with Crippen LogP contribution in [0.3, 0.4) is 0 Å². The van der Waals surface area contributed by atoms with Gasteiger partial charge in [-0.05, 0) is 18.6 Å². The van der Waals surface area contributed by atoms with Gasteiger partial charge in [0.2, 0.25) is 0 Å². The molecule has 0 radical (unpaired) electrons. The summed E-state index contributed by atoms with van der Waals surface area (Å²) in [6.07, 6.45) is 8.10. The quantitative estimate of drug-likeness (QED) is 0.379. The van der Waals surface area contributed by atoms with E-state index in [4.69, 9.17) is 14.6 Å². The number of ether oxygens (including phenoxy) is 2. The fourth-order valence-corrected chi connectivity index (χ4v) is 2.62. The molecule has 0 aliphatic heterocycles. The molecule has 0 fully saturated rings. The second kappa shape index (κ2) is 14.2. The average molecular weight is 380 g/mol. The highest BCUT2D eigenvalue weighted by atomic mass is 16.5. The molecule has 0 spiro atoms. The zero-order valence-corrected chi connectivity index (χ0v) is 16.2. The number of hydrogen-bond donors (Lipinski definition) is 2. The summed E-state index contributed by atoms with van der Waals surface area (Å²) in [6.45, 7) is 1.68. The van der Waals surface area contributed by atoms with Crippen molar-refractivity contribution in [2.75, 3.05) is 19.8 Å². The van der Waals surface area contributed by atoms with Gasteiger partial charge in [0.1, 0.15) is 12.7 Å². The zero-order chi connectivity index (χ0) is 19.9. The molecule has 1 aromatic carbocycles. The largest absolute Gasteiger partial charge is 0.462 e. The van der Waals surface area contributed by atoms with Crippen LogP contribution in [0.15, 0.2) is 24.3 Å². The maximum atomic E-state index is 12.3. The van der Waals surface area contributed by atoms with Crippen LogP contribution in [0.5, 0.6) is 0 Å². The summed E-state index contributed by atoms with van der Waals surface area (Å²) < 4.78 is 10.2. The second-order valence-corrected chi connectivity index (χ2v) is 6.59. The fourth-order valence-electron chi connectivity index (χ4n) is 2.62. The number of esters is 2. The van der Waals surface area contributed by atoms with Crippen molar-refractivity contribution in [2.24, 2.45) is 0 Å². The van der Waals surface area contributed by atoms with Crippen LogP contribution in [-0.4, -0.2) is 48.1 Å². The Kier molecular flexibility index (Phi) is 12.1. The van der Waals surface area contributed by atoms with Crippen LogP contribution in [0.4, 0.5) is 0 Å². The van der Waals surface area contributed by atoms with E-state index in [0.717, 1.165) is 19.3 Å². The van der Waals surface area contributed by atoms with E-state index in [-0.39, 0.29) is 17.7 Å². The molecule has 6 heteroatoms. The lowest BCUT2D eigenvalue weighted by Gasteiger charge is -2.11. The van der Waals surface area contributed by atoms with E-state index in [2.05, 4.69) is 6.92 Å². The summed E-state index contributed by atoms with van der Waals surface area (Å²) in [4.78, 5) is 24.3. The van der Waals surface area contributed by atoms with E-state index in [1.165, 1.54) is 44.2 Å². The maximum Gasteiger partial charge on any atom is 0.339 e. The molecule has 0 heterocycles. The molecule has 0 saturated heterocycles. The van der Waals surface area contributed by atoms with E-state index in [9.17, 15) is 14.7 Å². The molecule has 2 N–H and O–H groups in total. The molecule has 152 valence electrons. The summed E-state index contributed by atoms with van der Waals surface area (Å²) in [5.41, 5.74) is 0.226. The van der Waals surface area contributed by atoms with Crippen molar-refractivity contribution in [3.05, 3.63) is 35.4 Å². The predicted octanol–water partition coefficient (Wildman–Crippen LogP) is 3.49. The first-order valence-electron chi connectivity index (χ1n) is 9.82. The summed E-state index contributed by atoms with van der Waals surface area (Å²) in [5.74, 6) is -1.30. The van der Waals surface area contributed by atoms with Crippen molar-refractivity contribution in [2.45, 2.75) is 64.4 Å². The Morgan fingerprint density at radius 2 is 1.41 bits per heavy atom. The highest BCUT2D eigenvalue weighted by Crippen LogP contribution is 2.13. The molecule has 0 saturated carbocycles. The minimum Gasteiger partial charge on any atom is -0.462 e. The minimum absolute atomic E-state index is 0.0866. The number of benzene rings is 1. The summed E-state index contributed by atoms with van der Waals surface area (Å²) in [6, 6.07) is 6.25. The van der Waals surface area contributed by atoms with Crippen molar-refractivity contribution in [1.29, 1.82) is 0 Å². The highest BCUT2D eigenvalue weighted by molar-refractivity contribution is 6.03. The number of aliphatic hydroxyl groups excluding tert-OH is 2. The molecule has 0 aromatic heterocycles. The van der Waals surface area contributed by atoms with Gasteiger partial charge in [0.05, 0.1) is 24.3 Å². The predicted molar refractivity (Wildman–Crippen MR) is 103 cm³/mol. The van der Waals surface area contributed by atoms with Crippen molar-refractivity contribution < 1.29 is 29.3 Å². The number of carbonyl (C=O) groups excluding carboxylic acids is 2. The molecule has 1 rings (SSSR count). The van der Waals surface area contributed by atoms with Gasteiger partial charge in [0.15, 0.2) is 0 Å². The first kappa shape index (κ1) is 23.1. The van der Waals surface area contributed by atoms with Crippen LogP contribution >= 0.6 is 0 Å². The molecule has 6 nitrogen and oxygen atoms in total. The lowest BCUT2D eigenvalue weighted by Crippen LogP contribution is -2.23. The normalized spacial score (nSPS) is 11.8. The molecule has 0 aliphatic carbocycles. The van der Waals surface area contributed by atoms with Gasteiger partial charge in [-0.2, -0.15) is 0 Å². The van der Waals surface area contributed by atoms with Gasteiger partial charge >= 0.3 is 11.9 Å². The van der Waals surface area contributed by atoms with E-state index in [1.807, 2.05) is 0 Å². The third-order valence-electron chi connectivity index (χ3n) is 4.22. The monoisotopic (exact) mass is 380 g/mol. The first-order valence-corrected chi connectivity index (χ1v) is 9.82. The van der Waals surface area contributed by atoms with Crippen molar-refractivity contribution in [1.82, 2.24) is 0 Å². The Morgan fingerprint density at radius 1 is 0.889 bits per heavy atom. The second-order valence-electron chi connectivity index (χ2n) is 6.59. The van der Waals surface area contributed by atoms with Crippen molar-refractivity contribution in [3.63, 3.8) is 0 Å². The van der Waals surface area contributed by atoms with Crippen LogP contribution in [0.2, 0.25) is 0 Å². The Balaban J connectivity index is 2.37. The Bertz CT molecular complexity index is 557. The summed E-state index contributed by atoms with van der Waals surface area (Å²) >= 11 is 0. The van der Waals surface area contributed by atoms with E-state index in [0.29, 0.717) is 6.61 Å². The lowest BCUT2D eigenvalue weighted by molar-refractivity contribution is 0.00900. The van der Waals surface area contributed by atoms with Gasteiger partial charge in [-0.3, -0.25) is 0 Å². The summed E-state index contributed by atoms with van der Waals surface area (Å²) in [7, 11) is 0. The maximum absolute atomic E-state index is 12.3. The number of unbranched alkanes of at least 4 members (excludes halogenated alkanes) is 7. The molecule has 1 atom stereocenters. The third-order valence-corrected chi connectivity index (χ3v) is 4.22. The lowest BCUT2D eigenvalue weighted by atomic mass is 10.1. The highest BCUT2D eigenvalue weighted by Gasteiger charge is 2.19. The number of carbonyl (C=O) groups is 2. The SMILES string of the molecule is CCCCCCCCCCOC(=O)c1ccccc1C(=O)OCC(O)CO. The van der Waals surface area contributed by atoms with E-state index < -0.39 is 24.6 Å². The smallest absolute Gasteiger partial charge is 0.339 e. The van der Waals surface area contributed by atoms with Crippen LogP contribution in [0.25, 0.3) is 0 Å². The van der Waals surface area contributed by atoms with Gasteiger partial charge in [0, 0.05) is 0 Å². The van der Waals surface area contributed by atoms with Gasteiger partial charge < -0.3 is 19.7 Å². The molecule has 0 amide bonds. The van der Waals surface area contributed by atoms with Gasteiger partial charge in [0.25, 0.3) is 0 Å². The van der Waals surface area contributed by atoms with Gasteiger partial charge in [-0.15, -0.1) is 0 Å². The van der Waals surface area contributed by atoms with Gasteiger partial charge in [-0.25, -0.2) is 9.59 Å². The first-order chi connectivity index (χ1) is 13.1. The fraction of sp³-hybridized carbons (Fsp3) is 0.619. The van der Waals surface area contributed by atoms with Gasteiger partial charge in [-0.1, -0.05) is 64.0 Å². The molecular formula is C21H32O6.